The Bertz CT molecular complexity index is 1200. The Morgan fingerprint density at radius 2 is 1.94 bits per heavy atom. The molecule has 0 saturated carbocycles. The van der Waals surface area contributed by atoms with Gasteiger partial charge in [0.1, 0.15) is 17.3 Å². The SMILES string of the molecule is COc1ccc(N2C[C@H](C(=O)N[C@@H](CC(C)C)c3nc4ccccc4n3C)CC2=O)c(OC)c1. The molecule has 0 spiro atoms. The quantitative estimate of drug-likeness (QED) is 0.547. The van der Waals surface area contributed by atoms with Crippen LogP contribution in [0.3, 0.4) is 0 Å². The lowest BCUT2D eigenvalue weighted by molar-refractivity contribution is -0.127. The number of nitrogens with one attached hydrogen (secondary N) is 1. The number of imidazole rings is 1. The zero-order valence-corrected chi connectivity index (χ0v) is 20.4. The van der Waals surface area contributed by atoms with E-state index in [2.05, 4.69) is 19.2 Å². The summed E-state index contributed by atoms with van der Waals surface area (Å²) in [4.78, 5) is 32.6. The van der Waals surface area contributed by atoms with Gasteiger partial charge in [0.05, 0.1) is 42.9 Å². The van der Waals surface area contributed by atoms with Crippen molar-refractivity contribution in [3.8, 4) is 11.5 Å². The molecule has 8 heteroatoms. The number of aromatic nitrogens is 2. The van der Waals surface area contributed by atoms with E-state index in [1.54, 1.807) is 37.3 Å². The first-order chi connectivity index (χ1) is 16.3. The molecular weight excluding hydrogens is 432 g/mol. The highest BCUT2D eigenvalue weighted by molar-refractivity contribution is 6.01. The summed E-state index contributed by atoms with van der Waals surface area (Å²) in [6.07, 6.45) is 0.900. The highest BCUT2D eigenvalue weighted by Gasteiger charge is 2.37. The minimum Gasteiger partial charge on any atom is -0.497 e. The second kappa shape index (κ2) is 9.75. The van der Waals surface area contributed by atoms with E-state index in [0.717, 1.165) is 23.3 Å². The largest absolute Gasteiger partial charge is 0.497 e. The van der Waals surface area contributed by atoms with Crippen LogP contribution < -0.4 is 19.7 Å². The van der Waals surface area contributed by atoms with E-state index in [4.69, 9.17) is 14.5 Å². The number of fused-ring (bicyclic) bond motifs is 1. The molecule has 1 aromatic heterocycles. The number of benzene rings is 2. The molecule has 34 heavy (non-hydrogen) atoms. The van der Waals surface area contributed by atoms with E-state index in [9.17, 15) is 9.59 Å². The van der Waals surface area contributed by atoms with Crippen LogP contribution in [0.1, 0.15) is 38.6 Å². The number of hydrogen-bond acceptors (Lipinski definition) is 5. The van der Waals surface area contributed by atoms with Gasteiger partial charge < -0.3 is 24.3 Å². The monoisotopic (exact) mass is 464 g/mol. The van der Waals surface area contributed by atoms with Crippen molar-refractivity contribution in [2.24, 2.45) is 18.9 Å². The summed E-state index contributed by atoms with van der Waals surface area (Å²) in [5.41, 5.74) is 2.56. The molecule has 2 heterocycles. The molecule has 0 aliphatic carbocycles. The molecule has 1 N–H and O–H groups in total. The van der Waals surface area contributed by atoms with Crippen LogP contribution >= 0.6 is 0 Å². The van der Waals surface area contributed by atoms with Crippen molar-refractivity contribution >= 4 is 28.5 Å². The normalized spacial score (nSPS) is 16.8. The third kappa shape index (κ3) is 4.58. The number of rotatable bonds is 8. The predicted molar refractivity (Wildman–Crippen MR) is 131 cm³/mol. The Hall–Kier alpha value is -3.55. The minimum atomic E-state index is -0.455. The number of anilines is 1. The molecule has 0 unspecified atom stereocenters. The van der Waals surface area contributed by atoms with Crippen LogP contribution in [-0.2, 0) is 16.6 Å². The van der Waals surface area contributed by atoms with E-state index >= 15 is 0 Å². The second-order valence-electron chi connectivity index (χ2n) is 9.15. The van der Waals surface area contributed by atoms with E-state index in [1.165, 1.54) is 0 Å². The summed E-state index contributed by atoms with van der Waals surface area (Å²) < 4.78 is 12.8. The number of aryl methyl sites for hydroxylation is 1. The number of methoxy groups -OCH3 is 2. The van der Waals surface area contributed by atoms with E-state index < -0.39 is 5.92 Å². The fourth-order valence-electron chi connectivity index (χ4n) is 4.59. The Balaban J connectivity index is 1.55. The third-order valence-electron chi connectivity index (χ3n) is 6.33. The summed E-state index contributed by atoms with van der Waals surface area (Å²) in [7, 11) is 5.10. The summed E-state index contributed by atoms with van der Waals surface area (Å²) >= 11 is 0. The fourth-order valence-corrected chi connectivity index (χ4v) is 4.59. The lowest BCUT2D eigenvalue weighted by Gasteiger charge is -2.23. The molecule has 4 rings (SSSR count). The number of ether oxygens (including phenoxy) is 2. The van der Waals surface area contributed by atoms with Gasteiger partial charge in [-0.1, -0.05) is 26.0 Å². The molecule has 0 radical (unpaired) electrons. The van der Waals surface area contributed by atoms with Crippen LogP contribution in [0.2, 0.25) is 0 Å². The Kier molecular flexibility index (Phi) is 6.77. The molecule has 2 amide bonds. The van der Waals surface area contributed by atoms with Crippen LogP contribution in [0.15, 0.2) is 42.5 Å². The van der Waals surface area contributed by atoms with Crippen molar-refractivity contribution in [3.05, 3.63) is 48.3 Å². The minimum absolute atomic E-state index is 0.105. The average molecular weight is 465 g/mol. The van der Waals surface area contributed by atoms with Gasteiger partial charge in [-0.2, -0.15) is 0 Å². The van der Waals surface area contributed by atoms with Crippen LogP contribution in [0.4, 0.5) is 5.69 Å². The maximum Gasteiger partial charge on any atom is 0.227 e. The number of carbonyl (C=O) groups is 2. The molecular formula is C26H32N4O4. The molecule has 2 atom stereocenters. The second-order valence-corrected chi connectivity index (χ2v) is 9.15. The number of para-hydroxylation sites is 2. The van der Waals surface area contributed by atoms with Gasteiger partial charge in [-0.25, -0.2) is 4.98 Å². The van der Waals surface area contributed by atoms with Gasteiger partial charge in [0.15, 0.2) is 0 Å². The van der Waals surface area contributed by atoms with Gasteiger partial charge in [-0.3, -0.25) is 9.59 Å². The number of hydrogen-bond donors (Lipinski definition) is 1. The van der Waals surface area contributed by atoms with Crippen molar-refractivity contribution in [1.82, 2.24) is 14.9 Å². The molecule has 3 aromatic rings. The molecule has 1 aliphatic rings. The first-order valence-corrected chi connectivity index (χ1v) is 11.6. The lowest BCUT2D eigenvalue weighted by atomic mass is 10.0. The van der Waals surface area contributed by atoms with Gasteiger partial charge in [-0.05, 0) is 36.6 Å². The Morgan fingerprint density at radius 1 is 1.18 bits per heavy atom. The summed E-state index contributed by atoms with van der Waals surface area (Å²) in [5.74, 6) is 1.65. The van der Waals surface area contributed by atoms with Gasteiger partial charge in [0, 0.05) is 26.1 Å². The fraction of sp³-hybridized carbons (Fsp3) is 0.423. The van der Waals surface area contributed by atoms with E-state index in [0.29, 0.717) is 29.6 Å². The molecule has 8 nitrogen and oxygen atoms in total. The summed E-state index contributed by atoms with van der Waals surface area (Å²) in [6, 6.07) is 13.0. The van der Waals surface area contributed by atoms with E-state index in [1.807, 2.05) is 35.9 Å². The Labute approximate surface area is 199 Å². The van der Waals surface area contributed by atoms with Crippen molar-refractivity contribution in [2.45, 2.75) is 32.7 Å². The molecule has 1 saturated heterocycles. The summed E-state index contributed by atoms with van der Waals surface area (Å²) in [5, 5.41) is 3.20. The molecule has 1 aliphatic heterocycles. The van der Waals surface area contributed by atoms with Gasteiger partial charge in [0.2, 0.25) is 11.8 Å². The summed E-state index contributed by atoms with van der Waals surface area (Å²) in [6.45, 7) is 4.54. The van der Waals surface area contributed by atoms with E-state index in [-0.39, 0.29) is 24.3 Å². The van der Waals surface area contributed by atoms with Crippen molar-refractivity contribution in [2.75, 3.05) is 25.7 Å². The first kappa shape index (κ1) is 23.6. The van der Waals surface area contributed by atoms with Gasteiger partial charge >= 0.3 is 0 Å². The highest BCUT2D eigenvalue weighted by atomic mass is 16.5. The molecule has 0 bridgehead atoms. The van der Waals surface area contributed by atoms with Crippen LogP contribution in [0, 0.1) is 11.8 Å². The van der Waals surface area contributed by atoms with Gasteiger partial charge in [-0.15, -0.1) is 0 Å². The molecule has 180 valence electrons. The average Bonchev–Trinajstić information content (AvgIpc) is 3.38. The molecule has 2 aromatic carbocycles. The van der Waals surface area contributed by atoms with Crippen molar-refractivity contribution in [3.63, 3.8) is 0 Å². The van der Waals surface area contributed by atoms with Crippen LogP contribution in [0.5, 0.6) is 11.5 Å². The third-order valence-corrected chi connectivity index (χ3v) is 6.33. The van der Waals surface area contributed by atoms with Crippen molar-refractivity contribution in [1.29, 1.82) is 0 Å². The Morgan fingerprint density at radius 3 is 2.62 bits per heavy atom. The zero-order chi connectivity index (χ0) is 24.4. The zero-order valence-electron chi connectivity index (χ0n) is 20.4. The first-order valence-electron chi connectivity index (χ1n) is 11.6. The lowest BCUT2D eigenvalue weighted by Crippen LogP contribution is -2.37. The van der Waals surface area contributed by atoms with Crippen LogP contribution in [0.25, 0.3) is 11.0 Å². The van der Waals surface area contributed by atoms with Crippen LogP contribution in [-0.4, -0.2) is 42.1 Å². The highest BCUT2D eigenvalue weighted by Crippen LogP contribution is 2.36. The number of nitrogens with zero attached hydrogens (tertiary/aromatic N) is 3. The van der Waals surface area contributed by atoms with Crippen molar-refractivity contribution < 1.29 is 19.1 Å². The topological polar surface area (TPSA) is 85.7 Å². The van der Waals surface area contributed by atoms with Gasteiger partial charge in [0.25, 0.3) is 0 Å². The maximum atomic E-state index is 13.3. The standard InChI is InChI=1S/C26H32N4O4/c1-16(2)12-20(25-27-19-8-6-7-9-21(19)29(25)3)28-26(32)17-13-24(31)30(15-17)22-11-10-18(33-4)14-23(22)34-5/h6-11,14,16-17,20H,12-13,15H2,1-5H3,(H,28,32)/t17-,20+/m1/s1. The predicted octanol–water partition coefficient (Wildman–Crippen LogP) is 3.85. The number of amides is 2. The smallest absolute Gasteiger partial charge is 0.227 e. The number of carbonyl (C=O) groups excluding carboxylic acids is 2. The molecule has 1 fully saturated rings. The maximum absolute atomic E-state index is 13.3.